The quantitative estimate of drug-likeness (QED) is 0.819. The second kappa shape index (κ2) is 7.71. The Morgan fingerprint density at radius 3 is 2.76 bits per heavy atom. The Hall–Kier alpha value is -2.32. The fourth-order valence-electron chi connectivity index (χ4n) is 2.93. The molecule has 132 valence electrons. The number of nitrogens with one attached hydrogen (secondary N) is 1. The third kappa shape index (κ3) is 4.21. The number of benzene rings is 1. The largest absolute Gasteiger partial charge is 0.368 e. The van der Waals surface area contributed by atoms with Crippen molar-refractivity contribution in [2.24, 2.45) is 5.73 Å². The molecular formula is C17H21N5O2S. The molecule has 1 aromatic carbocycles. The standard InChI is InChI=1S/C17H21N5O2S/c1-2-11-5-7-12(8-6-11)19-16(24)17-21-20-14(25-17)10-22-9-3-4-13(22)15(18)23/h5-8,13H,2-4,9-10H2,1H3,(H2,18,23)(H,19,24). The van der Waals surface area contributed by atoms with Gasteiger partial charge in [-0.2, -0.15) is 0 Å². The van der Waals surface area contributed by atoms with Crippen molar-refractivity contribution in [3.63, 3.8) is 0 Å². The Morgan fingerprint density at radius 2 is 2.08 bits per heavy atom. The SMILES string of the molecule is CCc1ccc(NC(=O)c2nnc(CN3CCCC3C(N)=O)s2)cc1. The molecule has 25 heavy (non-hydrogen) atoms. The lowest BCUT2D eigenvalue weighted by atomic mass is 10.1. The maximum atomic E-state index is 12.3. The van der Waals surface area contributed by atoms with E-state index in [1.165, 1.54) is 16.9 Å². The summed E-state index contributed by atoms with van der Waals surface area (Å²) in [6.45, 7) is 3.38. The minimum atomic E-state index is -0.310. The molecule has 7 nitrogen and oxygen atoms in total. The van der Waals surface area contributed by atoms with Crippen molar-refractivity contribution in [2.75, 3.05) is 11.9 Å². The molecule has 0 aliphatic carbocycles. The predicted octanol–water partition coefficient (Wildman–Crippen LogP) is 1.80. The zero-order valence-electron chi connectivity index (χ0n) is 14.1. The van der Waals surface area contributed by atoms with E-state index < -0.39 is 0 Å². The molecule has 1 atom stereocenters. The first-order valence-corrected chi connectivity index (χ1v) is 9.14. The smallest absolute Gasteiger partial charge is 0.286 e. The zero-order valence-corrected chi connectivity index (χ0v) is 14.9. The number of amides is 2. The highest BCUT2D eigenvalue weighted by molar-refractivity contribution is 7.13. The molecule has 3 rings (SSSR count). The molecule has 1 fully saturated rings. The average molecular weight is 359 g/mol. The van der Waals surface area contributed by atoms with E-state index in [4.69, 9.17) is 5.73 Å². The molecule has 2 amide bonds. The first-order valence-electron chi connectivity index (χ1n) is 8.33. The van der Waals surface area contributed by atoms with E-state index in [1.807, 2.05) is 29.2 Å². The number of rotatable bonds is 6. The van der Waals surface area contributed by atoms with Crippen molar-refractivity contribution in [1.82, 2.24) is 15.1 Å². The van der Waals surface area contributed by atoms with Gasteiger partial charge in [-0.05, 0) is 43.5 Å². The molecule has 1 saturated heterocycles. The van der Waals surface area contributed by atoms with Crippen molar-refractivity contribution in [3.05, 3.63) is 39.8 Å². The fourth-order valence-corrected chi connectivity index (χ4v) is 3.69. The van der Waals surface area contributed by atoms with Crippen molar-refractivity contribution in [3.8, 4) is 0 Å². The number of carbonyl (C=O) groups excluding carboxylic acids is 2. The lowest BCUT2D eigenvalue weighted by molar-refractivity contribution is -0.122. The fraction of sp³-hybridized carbons (Fsp3) is 0.412. The topological polar surface area (TPSA) is 101 Å². The zero-order chi connectivity index (χ0) is 17.8. The van der Waals surface area contributed by atoms with Crippen LogP contribution in [0.15, 0.2) is 24.3 Å². The summed E-state index contributed by atoms with van der Waals surface area (Å²) in [6.07, 6.45) is 2.67. The van der Waals surface area contributed by atoms with Gasteiger partial charge in [0.25, 0.3) is 5.91 Å². The van der Waals surface area contributed by atoms with Gasteiger partial charge in [0.2, 0.25) is 10.9 Å². The monoisotopic (exact) mass is 359 g/mol. The van der Waals surface area contributed by atoms with Crippen molar-refractivity contribution >= 4 is 28.8 Å². The number of anilines is 1. The van der Waals surface area contributed by atoms with Gasteiger partial charge in [-0.25, -0.2) is 0 Å². The van der Waals surface area contributed by atoms with E-state index >= 15 is 0 Å². The highest BCUT2D eigenvalue weighted by atomic mass is 32.1. The van der Waals surface area contributed by atoms with Crippen molar-refractivity contribution < 1.29 is 9.59 Å². The summed E-state index contributed by atoms with van der Waals surface area (Å²) in [5.41, 5.74) is 7.37. The number of carbonyl (C=O) groups is 2. The van der Waals surface area contributed by atoms with E-state index in [0.29, 0.717) is 16.6 Å². The molecular weight excluding hydrogens is 338 g/mol. The molecule has 8 heteroatoms. The minimum absolute atomic E-state index is 0.252. The van der Waals surface area contributed by atoms with Crippen LogP contribution in [-0.2, 0) is 17.8 Å². The first kappa shape index (κ1) is 17.5. The normalized spacial score (nSPS) is 17.6. The molecule has 0 saturated carbocycles. The number of primary amides is 1. The molecule has 1 unspecified atom stereocenters. The van der Waals surface area contributed by atoms with Crippen LogP contribution in [0.4, 0.5) is 5.69 Å². The second-order valence-corrected chi connectivity index (χ2v) is 7.10. The average Bonchev–Trinajstić information content (AvgIpc) is 3.25. The van der Waals surface area contributed by atoms with Crippen LogP contribution in [0.5, 0.6) is 0 Å². The maximum Gasteiger partial charge on any atom is 0.286 e. The summed E-state index contributed by atoms with van der Waals surface area (Å²) in [5, 5.41) is 11.9. The first-order chi connectivity index (χ1) is 12.1. The van der Waals surface area contributed by atoms with Gasteiger partial charge in [0.1, 0.15) is 5.01 Å². The van der Waals surface area contributed by atoms with E-state index in [-0.39, 0.29) is 17.9 Å². The number of aromatic nitrogens is 2. The highest BCUT2D eigenvalue weighted by Gasteiger charge is 2.29. The molecule has 3 N–H and O–H groups in total. The van der Waals surface area contributed by atoms with E-state index in [2.05, 4.69) is 22.4 Å². The van der Waals surface area contributed by atoms with Crippen molar-refractivity contribution in [2.45, 2.75) is 38.8 Å². The van der Waals surface area contributed by atoms with E-state index in [9.17, 15) is 9.59 Å². The lowest BCUT2D eigenvalue weighted by Gasteiger charge is -2.19. The van der Waals surface area contributed by atoms with Crippen LogP contribution in [-0.4, -0.2) is 39.5 Å². The predicted molar refractivity (Wildman–Crippen MR) is 96.3 cm³/mol. The van der Waals surface area contributed by atoms with Gasteiger partial charge >= 0.3 is 0 Å². The molecule has 0 radical (unpaired) electrons. The number of likely N-dealkylation sites (tertiary alicyclic amines) is 1. The number of hydrogen-bond acceptors (Lipinski definition) is 6. The third-order valence-electron chi connectivity index (χ3n) is 4.31. The Balaban J connectivity index is 1.62. The summed E-state index contributed by atoms with van der Waals surface area (Å²) >= 11 is 1.24. The Labute approximate surface area is 150 Å². The summed E-state index contributed by atoms with van der Waals surface area (Å²) in [4.78, 5) is 25.7. The van der Waals surface area contributed by atoms with E-state index in [0.717, 1.165) is 31.5 Å². The molecule has 1 aliphatic heterocycles. The van der Waals surface area contributed by atoms with Crippen LogP contribution in [0.3, 0.4) is 0 Å². The van der Waals surface area contributed by atoms with Crippen LogP contribution >= 0.6 is 11.3 Å². The molecule has 1 aromatic heterocycles. The van der Waals surface area contributed by atoms with Gasteiger partial charge in [0, 0.05) is 5.69 Å². The molecule has 2 heterocycles. The summed E-state index contributed by atoms with van der Waals surface area (Å²) in [7, 11) is 0. The van der Waals surface area contributed by atoms with Crippen molar-refractivity contribution in [1.29, 1.82) is 0 Å². The third-order valence-corrected chi connectivity index (χ3v) is 5.22. The van der Waals surface area contributed by atoms with Gasteiger partial charge < -0.3 is 11.1 Å². The van der Waals surface area contributed by atoms with Gasteiger partial charge in [-0.15, -0.1) is 10.2 Å². The van der Waals surface area contributed by atoms with Crippen LogP contribution < -0.4 is 11.1 Å². The van der Waals surface area contributed by atoms with Crippen LogP contribution in [0.25, 0.3) is 0 Å². The summed E-state index contributed by atoms with van der Waals surface area (Å²) < 4.78 is 0. The Kier molecular flexibility index (Phi) is 5.40. The van der Waals surface area contributed by atoms with Crippen LogP contribution in [0.2, 0.25) is 0 Å². The van der Waals surface area contributed by atoms with Crippen LogP contribution in [0, 0.1) is 0 Å². The van der Waals surface area contributed by atoms with Crippen LogP contribution in [0.1, 0.15) is 40.1 Å². The Morgan fingerprint density at radius 1 is 1.32 bits per heavy atom. The van der Waals surface area contributed by atoms with Gasteiger partial charge in [0.05, 0.1) is 12.6 Å². The molecule has 1 aliphatic rings. The second-order valence-electron chi connectivity index (χ2n) is 6.04. The molecule has 0 spiro atoms. The lowest BCUT2D eigenvalue weighted by Crippen LogP contribution is -2.39. The van der Waals surface area contributed by atoms with Gasteiger partial charge in [-0.3, -0.25) is 14.5 Å². The minimum Gasteiger partial charge on any atom is -0.368 e. The van der Waals surface area contributed by atoms with Gasteiger partial charge in [0.15, 0.2) is 0 Å². The van der Waals surface area contributed by atoms with E-state index in [1.54, 1.807) is 0 Å². The van der Waals surface area contributed by atoms with Gasteiger partial charge in [-0.1, -0.05) is 30.4 Å². The molecule has 2 aromatic rings. The highest BCUT2D eigenvalue weighted by Crippen LogP contribution is 2.22. The number of hydrogen-bond donors (Lipinski definition) is 2. The maximum absolute atomic E-state index is 12.3. The number of nitrogens with zero attached hydrogens (tertiary/aromatic N) is 3. The molecule has 0 bridgehead atoms. The summed E-state index contributed by atoms with van der Waals surface area (Å²) in [6, 6.07) is 7.47. The summed E-state index contributed by atoms with van der Waals surface area (Å²) in [5.74, 6) is -0.587. The number of nitrogens with two attached hydrogens (primary N) is 1. The Bertz CT molecular complexity index is 759. The number of aryl methyl sites for hydroxylation is 1.